The van der Waals surface area contributed by atoms with Crippen LogP contribution in [-0.2, 0) is 15.7 Å². The van der Waals surface area contributed by atoms with Crippen molar-refractivity contribution < 1.29 is 23.9 Å². The number of hydrogen-bond acceptors (Lipinski definition) is 3. The van der Waals surface area contributed by atoms with Crippen molar-refractivity contribution in [2.24, 2.45) is 0 Å². The average molecular weight is 301 g/mol. The van der Waals surface area contributed by atoms with Crippen LogP contribution >= 0.6 is 7.60 Å². The van der Waals surface area contributed by atoms with Crippen molar-refractivity contribution in [2.45, 2.75) is 38.6 Å². The third-order valence-corrected chi connectivity index (χ3v) is 3.48. The number of carbonyl (C=O) groups excluding carboxylic acids is 1. The molecule has 1 amide bonds. The predicted octanol–water partition coefficient (Wildman–Crippen LogP) is 2.26. The molecule has 0 radical (unpaired) electrons. The topological polar surface area (TPSA) is 95.9 Å². The molecule has 0 spiro atoms. The van der Waals surface area contributed by atoms with Gasteiger partial charge in [0.2, 0.25) is 0 Å². The molecule has 3 N–H and O–H groups in total. The van der Waals surface area contributed by atoms with E-state index in [4.69, 9.17) is 4.74 Å². The van der Waals surface area contributed by atoms with Crippen LogP contribution in [0, 0.1) is 0 Å². The first kappa shape index (κ1) is 16.7. The molecule has 0 saturated carbocycles. The smallest absolute Gasteiger partial charge is 0.408 e. The molecule has 112 valence electrons. The first-order chi connectivity index (χ1) is 9.08. The van der Waals surface area contributed by atoms with E-state index in [1.165, 1.54) is 0 Å². The number of rotatable bonds is 4. The molecule has 0 bridgehead atoms. The highest BCUT2D eigenvalue weighted by Gasteiger charge is 2.32. The molecule has 1 aromatic rings. The lowest BCUT2D eigenvalue weighted by Crippen LogP contribution is -2.40. The van der Waals surface area contributed by atoms with Crippen molar-refractivity contribution in [2.75, 3.05) is 0 Å². The van der Waals surface area contributed by atoms with E-state index in [2.05, 4.69) is 5.32 Å². The fraction of sp³-hybridized carbons (Fsp3) is 0.462. The number of benzene rings is 1. The fourth-order valence-electron chi connectivity index (χ4n) is 1.53. The van der Waals surface area contributed by atoms with Crippen molar-refractivity contribution in [1.29, 1.82) is 0 Å². The summed E-state index contributed by atoms with van der Waals surface area (Å²) in [6, 6.07) is 8.80. The maximum absolute atomic E-state index is 11.6. The molecule has 1 rings (SSSR count). The summed E-state index contributed by atoms with van der Waals surface area (Å²) >= 11 is 0. The second-order valence-electron chi connectivity index (χ2n) is 5.44. The predicted molar refractivity (Wildman–Crippen MR) is 75.3 cm³/mol. The summed E-state index contributed by atoms with van der Waals surface area (Å²) in [6.07, 6.45) is -0.813. The van der Waals surface area contributed by atoms with Gasteiger partial charge < -0.3 is 19.8 Å². The summed E-state index contributed by atoms with van der Waals surface area (Å²) in [6.45, 7) is 5.03. The average Bonchev–Trinajstić information content (AvgIpc) is 2.25. The molecule has 1 aromatic carbocycles. The van der Waals surface area contributed by atoms with Crippen LogP contribution in [0.2, 0.25) is 0 Å². The number of nitrogens with one attached hydrogen (secondary N) is 1. The van der Waals surface area contributed by atoms with Gasteiger partial charge in [-0.05, 0) is 26.3 Å². The van der Waals surface area contributed by atoms with E-state index in [-0.39, 0.29) is 6.42 Å². The van der Waals surface area contributed by atoms with Crippen LogP contribution in [0.15, 0.2) is 30.3 Å². The lowest BCUT2D eigenvalue weighted by Gasteiger charge is -2.24. The second kappa shape index (κ2) is 6.39. The Morgan fingerprint density at radius 1 is 1.30 bits per heavy atom. The van der Waals surface area contributed by atoms with E-state index in [1.54, 1.807) is 51.1 Å². The minimum atomic E-state index is -4.47. The zero-order chi connectivity index (χ0) is 15.4. The van der Waals surface area contributed by atoms with Crippen molar-refractivity contribution in [3.8, 4) is 0 Å². The molecule has 0 aliphatic carbocycles. The van der Waals surface area contributed by atoms with Gasteiger partial charge in [0.1, 0.15) is 11.4 Å². The molecule has 0 unspecified atom stereocenters. The molecule has 0 saturated heterocycles. The molecular weight excluding hydrogens is 281 g/mol. The molecule has 0 aromatic heterocycles. The molecule has 20 heavy (non-hydrogen) atoms. The monoisotopic (exact) mass is 301 g/mol. The van der Waals surface area contributed by atoms with Crippen molar-refractivity contribution in [3.05, 3.63) is 35.9 Å². The molecule has 0 heterocycles. The second-order valence-corrected chi connectivity index (χ2v) is 7.24. The van der Waals surface area contributed by atoms with Crippen LogP contribution in [0.4, 0.5) is 4.79 Å². The third kappa shape index (κ3) is 6.19. The summed E-state index contributed by atoms with van der Waals surface area (Å²) in [5, 5.41) is 2.24. The lowest BCUT2D eigenvalue weighted by atomic mass is 10.1. The quantitative estimate of drug-likeness (QED) is 0.741. The van der Waals surface area contributed by atoms with Crippen LogP contribution in [-0.4, -0.2) is 27.3 Å². The largest absolute Gasteiger partial charge is 0.444 e. The molecule has 0 aliphatic heterocycles. The molecule has 0 fully saturated rings. The number of carbonyl (C=O) groups is 1. The number of hydrogen-bond donors (Lipinski definition) is 3. The van der Waals surface area contributed by atoms with Crippen molar-refractivity contribution in [1.82, 2.24) is 5.32 Å². The van der Waals surface area contributed by atoms with Crippen LogP contribution in [0.1, 0.15) is 26.3 Å². The maximum Gasteiger partial charge on any atom is 0.408 e. The zero-order valence-electron chi connectivity index (χ0n) is 11.7. The Morgan fingerprint density at radius 2 is 1.85 bits per heavy atom. The van der Waals surface area contributed by atoms with Gasteiger partial charge in [-0.1, -0.05) is 30.3 Å². The highest BCUT2D eigenvalue weighted by Crippen LogP contribution is 2.41. The Morgan fingerprint density at radius 3 is 2.30 bits per heavy atom. The molecule has 6 nitrogen and oxygen atoms in total. The zero-order valence-corrected chi connectivity index (χ0v) is 12.6. The van der Waals surface area contributed by atoms with Crippen molar-refractivity contribution in [3.63, 3.8) is 0 Å². The van der Waals surface area contributed by atoms with E-state index >= 15 is 0 Å². The highest BCUT2D eigenvalue weighted by molar-refractivity contribution is 7.52. The van der Waals surface area contributed by atoms with E-state index in [9.17, 15) is 19.1 Å². The standard InChI is InChI=1S/C13H20NO5P/c1-13(2,3)19-12(15)14-11(20(16,17)18)9-10-7-5-4-6-8-10/h4-8,11H,9H2,1-3H3,(H,14,15)(H2,16,17,18)/t11-/m1/s1. The summed E-state index contributed by atoms with van der Waals surface area (Å²) in [5.74, 6) is -1.31. The highest BCUT2D eigenvalue weighted by atomic mass is 31.2. The van der Waals surface area contributed by atoms with Gasteiger partial charge in [-0.3, -0.25) is 4.57 Å². The Kier molecular flexibility index (Phi) is 5.34. The maximum atomic E-state index is 11.6. The van der Waals surface area contributed by atoms with E-state index in [0.29, 0.717) is 0 Å². The van der Waals surface area contributed by atoms with Crippen LogP contribution in [0.25, 0.3) is 0 Å². The van der Waals surface area contributed by atoms with E-state index < -0.39 is 25.1 Å². The van der Waals surface area contributed by atoms with Gasteiger partial charge in [-0.2, -0.15) is 0 Å². The summed E-state index contributed by atoms with van der Waals surface area (Å²) in [5.41, 5.74) is -0.00658. The number of amides is 1. The minimum Gasteiger partial charge on any atom is -0.444 e. The molecular formula is C13H20NO5P. The van der Waals surface area contributed by atoms with Gasteiger partial charge in [0.25, 0.3) is 0 Å². The van der Waals surface area contributed by atoms with Gasteiger partial charge in [-0.15, -0.1) is 0 Å². The summed E-state index contributed by atoms with van der Waals surface area (Å²) in [7, 11) is -4.47. The van der Waals surface area contributed by atoms with Crippen LogP contribution in [0.5, 0.6) is 0 Å². The summed E-state index contributed by atoms with van der Waals surface area (Å²) < 4.78 is 16.5. The van der Waals surface area contributed by atoms with Gasteiger partial charge in [-0.25, -0.2) is 4.79 Å². The number of ether oxygens (including phenoxy) is 1. The minimum absolute atomic E-state index is 0.0321. The Hall–Kier alpha value is -1.36. The Labute approximate surface area is 118 Å². The van der Waals surface area contributed by atoms with Gasteiger partial charge in [0.05, 0.1) is 0 Å². The Bertz CT molecular complexity index is 491. The van der Waals surface area contributed by atoms with Gasteiger partial charge in [0.15, 0.2) is 0 Å². The van der Waals surface area contributed by atoms with Gasteiger partial charge >= 0.3 is 13.7 Å². The van der Waals surface area contributed by atoms with Gasteiger partial charge in [0, 0.05) is 6.42 Å². The fourth-order valence-corrected chi connectivity index (χ4v) is 2.26. The summed E-state index contributed by atoms with van der Waals surface area (Å²) in [4.78, 5) is 30.3. The third-order valence-electron chi connectivity index (χ3n) is 2.36. The van der Waals surface area contributed by atoms with E-state index in [0.717, 1.165) is 5.56 Å². The van der Waals surface area contributed by atoms with Crippen LogP contribution in [0.3, 0.4) is 0 Å². The number of alkyl carbamates (subject to hydrolysis) is 1. The first-order valence-electron chi connectivity index (χ1n) is 6.16. The SMILES string of the molecule is CC(C)(C)OC(=O)N[C@@H](Cc1ccccc1)P(=O)(O)O. The Balaban J connectivity index is 2.77. The lowest BCUT2D eigenvalue weighted by molar-refractivity contribution is 0.0514. The molecule has 1 atom stereocenters. The van der Waals surface area contributed by atoms with Crippen molar-refractivity contribution >= 4 is 13.7 Å². The van der Waals surface area contributed by atoms with Crippen LogP contribution < -0.4 is 5.32 Å². The van der Waals surface area contributed by atoms with E-state index in [1.807, 2.05) is 0 Å². The first-order valence-corrected chi connectivity index (χ1v) is 7.85. The molecule has 7 heteroatoms. The molecule has 0 aliphatic rings. The normalized spacial score (nSPS) is 13.7.